The van der Waals surface area contributed by atoms with Crippen LogP contribution < -0.4 is 5.32 Å². The highest BCUT2D eigenvalue weighted by molar-refractivity contribution is 5.29. The minimum Gasteiger partial charge on any atom is -0.305 e. The van der Waals surface area contributed by atoms with Gasteiger partial charge in [-0.3, -0.25) is 0 Å². The van der Waals surface area contributed by atoms with Gasteiger partial charge in [0.15, 0.2) is 0 Å². The largest absolute Gasteiger partial charge is 0.416 e. The molecule has 0 fully saturated rings. The van der Waals surface area contributed by atoms with Gasteiger partial charge in [0.2, 0.25) is 0 Å². The quantitative estimate of drug-likeness (QED) is 0.787. The highest BCUT2D eigenvalue weighted by Crippen LogP contribution is 2.32. The third-order valence-corrected chi connectivity index (χ3v) is 2.21. The number of rotatable bonds is 2. The SMILES string of the molecule is [2H]C([2H])([2H])[C@@H](NC(C)(C)C)c1cc(C(F)(F)F)ccc1F. The summed E-state index contributed by atoms with van der Waals surface area (Å²) in [5.41, 5.74) is -2.30. The van der Waals surface area contributed by atoms with Crippen molar-refractivity contribution in [3.8, 4) is 0 Å². The molecule has 0 spiro atoms. The van der Waals surface area contributed by atoms with E-state index in [9.17, 15) is 17.6 Å². The second-order valence-corrected chi connectivity index (χ2v) is 5.06. The fourth-order valence-electron chi connectivity index (χ4n) is 1.45. The lowest BCUT2D eigenvalue weighted by Crippen LogP contribution is -2.38. The summed E-state index contributed by atoms with van der Waals surface area (Å²) in [5.74, 6) is -0.985. The predicted octanol–water partition coefficient (Wildman–Crippen LogP) is 4.29. The minimum atomic E-state index is -4.66. The van der Waals surface area contributed by atoms with Crippen LogP contribution in [0.4, 0.5) is 17.6 Å². The van der Waals surface area contributed by atoms with Gasteiger partial charge < -0.3 is 5.32 Å². The van der Waals surface area contributed by atoms with E-state index in [-0.39, 0.29) is 0 Å². The van der Waals surface area contributed by atoms with E-state index < -0.39 is 41.6 Å². The molecule has 0 radical (unpaired) electrons. The average molecular weight is 266 g/mol. The molecular weight excluding hydrogens is 246 g/mol. The molecule has 0 heterocycles. The van der Waals surface area contributed by atoms with Crippen LogP contribution in [0.25, 0.3) is 0 Å². The molecule has 1 N–H and O–H groups in total. The van der Waals surface area contributed by atoms with Gasteiger partial charge in [-0.15, -0.1) is 0 Å². The number of benzene rings is 1. The maximum absolute atomic E-state index is 13.9. The Morgan fingerprint density at radius 1 is 1.22 bits per heavy atom. The third-order valence-electron chi connectivity index (χ3n) is 2.21. The van der Waals surface area contributed by atoms with E-state index in [1.165, 1.54) is 0 Å². The van der Waals surface area contributed by atoms with Gasteiger partial charge in [0.05, 0.1) is 5.56 Å². The van der Waals surface area contributed by atoms with E-state index >= 15 is 0 Å². The lowest BCUT2D eigenvalue weighted by molar-refractivity contribution is -0.137. The topological polar surface area (TPSA) is 12.0 Å². The zero-order chi connectivity index (χ0) is 16.6. The van der Waals surface area contributed by atoms with Crippen molar-refractivity contribution < 1.29 is 21.7 Å². The molecule has 1 aromatic rings. The zero-order valence-corrected chi connectivity index (χ0v) is 10.3. The van der Waals surface area contributed by atoms with E-state index in [4.69, 9.17) is 4.11 Å². The minimum absolute atomic E-state index is 0.514. The van der Waals surface area contributed by atoms with Crippen LogP contribution in [0.1, 0.15) is 48.9 Å². The van der Waals surface area contributed by atoms with Crippen molar-refractivity contribution in [2.24, 2.45) is 0 Å². The molecule has 0 unspecified atom stereocenters. The summed E-state index contributed by atoms with van der Waals surface area (Å²) >= 11 is 0. The van der Waals surface area contributed by atoms with Crippen LogP contribution in [-0.2, 0) is 6.18 Å². The summed E-state index contributed by atoms with van der Waals surface area (Å²) in [5, 5.41) is 2.66. The first kappa shape index (κ1) is 10.8. The van der Waals surface area contributed by atoms with E-state index in [0.717, 1.165) is 0 Å². The summed E-state index contributed by atoms with van der Waals surface area (Å²) in [6, 6.07) is 0.249. The van der Waals surface area contributed by atoms with E-state index in [1.54, 1.807) is 20.8 Å². The third kappa shape index (κ3) is 3.98. The van der Waals surface area contributed by atoms with Gasteiger partial charge in [0.1, 0.15) is 5.82 Å². The lowest BCUT2D eigenvalue weighted by Gasteiger charge is -2.27. The zero-order valence-electron chi connectivity index (χ0n) is 13.3. The van der Waals surface area contributed by atoms with Crippen LogP contribution in [0, 0.1) is 5.82 Å². The van der Waals surface area contributed by atoms with Crippen molar-refractivity contribution in [1.29, 1.82) is 0 Å². The Bertz CT molecular complexity index is 504. The molecule has 0 saturated carbocycles. The van der Waals surface area contributed by atoms with Gasteiger partial charge in [0.25, 0.3) is 0 Å². The first-order valence-corrected chi connectivity index (χ1v) is 5.36. The van der Waals surface area contributed by atoms with Crippen LogP contribution in [0.5, 0.6) is 0 Å². The molecule has 0 aliphatic rings. The first-order valence-electron chi connectivity index (χ1n) is 6.86. The number of hydrogen-bond donors (Lipinski definition) is 1. The highest BCUT2D eigenvalue weighted by atomic mass is 19.4. The molecule has 0 saturated heterocycles. The van der Waals surface area contributed by atoms with Gasteiger partial charge >= 0.3 is 6.18 Å². The molecule has 0 amide bonds. The fraction of sp³-hybridized carbons (Fsp3) is 0.538. The molecule has 1 rings (SSSR count). The monoisotopic (exact) mass is 266 g/mol. The van der Waals surface area contributed by atoms with E-state index in [1.807, 2.05) is 0 Å². The normalized spacial score (nSPS) is 17.8. The van der Waals surface area contributed by atoms with Crippen LogP contribution >= 0.6 is 0 Å². The summed E-state index contributed by atoms with van der Waals surface area (Å²) < 4.78 is 74.4. The van der Waals surface area contributed by atoms with Gasteiger partial charge in [-0.05, 0) is 45.8 Å². The molecule has 0 aliphatic heterocycles. The summed E-state index contributed by atoms with van der Waals surface area (Å²) in [4.78, 5) is 0. The first-order chi connectivity index (χ1) is 9.22. The Balaban J connectivity index is 3.37. The number of hydrogen-bond acceptors (Lipinski definition) is 1. The highest BCUT2D eigenvalue weighted by Gasteiger charge is 2.31. The smallest absolute Gasteiger partial charge is 0.305 e. The van der Waals surface area contributed by atoms with Crippen molar-refractivity contribution in [1.82, 2.24) is 5.32 Å². The van der Waals surface area contributed by atoms with Crippen LogP contribution in [0.2, 0.25) is 0 Å². The number of nitrogens with one attached hydrogen (secondary N) is 1. The van der Waals surface area contributed by atoms with Gasteiger partial charge in [-0.2, -0.15) is 13.2 Å². The standard InChI is InChI=1S/C13H17F4N/c1-8(18-12(2,3)4)10-7-9(13(15,16)17)5-6-11(10)14/h5-8,18H,1-4H3/t8-/m1/s1/i1D3. The van der Waals surface area contributed by atoms with Crippen LogP contribution in [0.15, 0.2) is 18.2 Å². The molecule has 0 bridgehead atoms. The molecule has 5 heteroatoms. The fourth-order valence-corrected chi connectivity index (χ4v) is 1.45. The van der Waals surface area contributed by atoms with Gasteiger partial charge in [0, 0.05) is 21.3 Å². The lowest BCUT2D eigenvalue weighted by atomic mass is 10.0. The molecule has 1 aromatic carbocycles. The Kier molecular flexibility index (Phi) is 2.92. The Morgan fingerprint density at radius 2 is 1.83 bits per heavy atom. The van der Waals surface area contributed by atoms with Crippen molar-refractivity contribution in [2.75, 3.05) is 0 Å². The number of alkyl halides is 3. The van der Waals surface area contributed by atoms with E-state index in [0.29, 0.717) is 18.2 Å². The molecule has 1 nitrogen and oxygen atoms in total. The Hall–Kier alpha value is -1.10. The average Bonchev–Trinajstić information content (AvgIpc) is 2.22. The molecule has 102 valence electrons. The molecule has 1 atom stereocenters. The van der Waals surface area contributed by atoms with Crippen LogP contribution in [0.3, 0.4) is 0 Å². The second kappa shape index (κ2) is 4.88. The van der Waals surface area contributed by atoms with Crippen molar-refractivity contribution >= 4 is 0 Å². The predicted molar refractivity (Wildman–Crippen MR) is 62.7 cm³/mol. The van der Waals surface area contributed by atoms with Crippen molar-refractivity contribution in [3.05, 3.63) is 35.1 Å². The van der Waals surface area contributed by atoms with Gasteiger partial charge in [-0.25, -0.2) is 4.39 Å². The second-order valence-electron chi connectivity index (χ2n) is 5.06. The Labute approximate surface area is 108 Å². The summed E-state index contributed by atoms with van der Waals surface area (Å²) in [7, 11) is 0. The van der Waals surface area contributed by atoms with Crippen molar-refractivity contribution in [3.63, 3.8) is 0 Å². The molecule has 0 aliphatic carbocycles. The van der Waals surface area contributed by atoms with Crippen LogP contribution in [-0.4, -0.2) is 5.54 Å². The summed E-state index contributed by atoms with van der Waals surface area (Å²) in [6.07, 6.45) is -4.66. The Morgan fingerprint density at radius 3 is 2.28 bits per heavy atom. The number of halogens is 4. The van der Waals surface area contributed by atoms with Crippen molar-refractivity contribution in [2.45, 2.75) is 45.4 Å². The van der Waals surface area contributed by atoms with E-state index in [2.05, 4.69) is 5.32 Å². The molecular formula is C13H17F4N. The molecule has 0 aromatic heterocycles. The summed E-state index contributed by atoms with van der Waals surface area (Å²) in [6.45, 7) is 2.27. The maximum Gasteiger partial charge on any atom is 0.416 e. The maximum atomic E-state index is 13.9. The molecule has 18 heavy (non-hydrogen) atoms. The van der Waals surface area contributed by atoms with Gasteiger partial charge in [-0.1, -0.05) is 0 Å².